The molecule has 1 aliphatic rings. The van der Waals surface area contributed by atoms with E-state index in [4.69, 9.17) is 10.00 Å². The van der Waals surface area contributed by atoms with E-state index in [9.17, 15) is 4.79 Å². The van der Waals surface area contributed by atoms with Crippen LogP contribution in [0.2, 0.25) is 0 Å². The van der Waals surface area contributed by atoms with Gasteiger partial charge < -0.3 is 9.64 Å². The second-order valence-corrected chi connectivity index (χ2v) is 4.64. The van der Waals surface area contributed by atoms with Crippen LogP contribution in [0.15, 0.2) is 24.3 Å². The molecule has 1 aromatic rings. The Balaban J connectivity index is 2.22. The summed E-state index contributed by atoms with van der Waals surface area (Å²) in [5.41, 5.74) is 1.55. The second-order valence-electron chi connectivity index (χ2n) is 4.64. The Kier molecular flexibility index (Phi) is 3.52. The van der Waals surface area contributed by atoms with E-state index < -0.39 is 0 Å². The van der Waals surface area contributed by atoms with E-state index in [1.165, 1.54) is 7.11 Å². The Morgan fingerprint density at radius 3 is 2.83 bits per heavy atom. The van der Waals surface area contributed by atoms with Crippen molar-refractivity contribution < 1.29 is 9.53 Å². The van der Waals surface area contributed by atoms with Crippen LogP contribution in [0.5, 0.6) is 0 Å². The van der Waals surface area contributed by atoms with E-state index in [1.54, 1.807) is 6.07 Å². The largest absolute Gasteiger partial charge is 0.469 e. The van der Waals surface area contributed by atoms with E-state index in [-0.39, 0.29) is 17.8 Å². The summed E-state index contributed by atoms with van der Waals surface area (Å²) in [5, 5.41) is 9.10. The Labute approximate surface area is 107 Å². The predicted octanol–water partition coefficient (Wildman–Crippen LogP) is 1.80. The van der Waals surface area contributed by atoms with Crippen molar-refractivity contribution in [1.29, 1.82) is 5.26 Å². The minimum absolute atomic E-state index is 0.109. The topological polar surface area (TPSA) is 53.3 Å². The molecule has 94 valence electrons. The Bertz CT molecular complexity index is 493. The Morgan fingerprint density at radius 1 is 1.44 bits per heavy atom. The predicted molar refractivity (Wildman–Crippen MR) is 68.0 cm³/mol. The molecule has 2 unspecified atom stereocenters. The number of hydrogen-bond acceptors (Lipinski definition) is 4. The summed E-state index contributed by atoms with van der Waals surface area (Å²) in [5.74, 6) is -0.0367. The lowest BCUT2D eigenvalue weighted by molar-refractivity contribution is -0.145. The van der Waals surface area contributed by atoms with Crippen molar-refractivity contribution in [2.24, 2.45) is 11.8 Å². The molecule has 0 aromatic heterocycles. The maximum absolute atomic E-state index is 11.6. The quantitative estimate of drug-likeness (QED) is 0.744. The number of anilines is 1. The average molecular weight is 244 g/mol. The smallest absolute Gasteiger partial charge is 0.310 e. The molecule has 4 heteroatoms. The van der Waals surface area contributed by atoms with Crippen LogP contribution in [0.4, 0.5) is 5.69 Å². The van der Waals surface area contributed by atoms with Crippen molar-refractivity contribution in [1.82, 2.24) is 0 Å². The van der Waals surface area contributed by atoms with Crippen LogP contribution < -0.4 is 4.90 Å². The first-order chi connectivity index (χ1) is 8.67. The monoisotopic (exact) mass is 244 g/mol. The second kappa shape index (κ2) is 5.09. The summed E-state index contributed by atoms with van der Waals surface area (Å²) in [4.78, 5) is 13.7. The van der Waals surface area contributed by atoms with Gasteiger partial charge in [-0.15, -0.1) is 0 Å². The summed E-state index contributed by atoms with van der Waals surface area (Å²) < 4.78 is 4.81. The highest BCUT2D eigenvalue weighted by Crippen LogP contribution is 2.30. The summed E-state index contributed by atoms with van der Waals surface area (Å²) in [6.45, 7) is 3.43. The van der Waals surface area contributed by atoms with E-state index in [1.807, 2.05) is 25.1 Å². The molecule has 0 saturated carbocycles. The van der Waals surface area contributed by atoms with Crippen LogP contribution >= 0.6 is 0 Å². The van der Waals surface area contributed by atoms with Gasteiger partial charge in [-0.2, -0.15) is 5.26 Å². The van der Waals surface area contributed by atoms with E-state index in [0.717, 1.165) is 12.2 Å². The number of benzene rings is 1. The molecule has 1 saturated heterocycles. The highest BCUT2D eigenvalue weighted by Gasteiger charge is 2.36. The zero-order valence-electron chi connectivity index (χ0n) is 10.6. The van der Waals surface area contributed by atoms with E-state index in [2.05, 4.69) is 11.0 Å². The molecule has 0 aliphatic carbocycles. The number of hydrogen-bond donors (Lipinski definition) is 0. The van der Waals surface area contributed by atoms with Crippen LogP contribution in [0, 0.1) is 23.2 Å². The number of nitriles is 1. The number of ether oxygens (including phenoxy) is 1. The summed E-state index contributed by atoms with van der Waals surface area (Å²) >= 11 is 0. The molecular formula is C14H16N2O2. The maximum Gasteiger partial charge on any atom is 0.310 e. The van der Waals surface area contributed by atoms with Gasteiger partial charge in [0.05, 0.1) is 24.3 Å². The van der Waals surface area contributed by atoms with Crippen molar-refractivity contribution >= 4 is 11.7 Å². The molecule has 0 spiro atoms. The van der Waals surface area contributed by atoms with Gasteiger partial charge in [-0.1, -0.05) is 19.1 Å². The molecular weight excluding hydrogens is 228 g/mol. The normalized spacial score (nSPS) is 22.6. The zero-order chi connectivity index (χ0) is 13.1. The van der Waals surface area contributed by atoms with Gasteiger partial charge in [-0.25, -0.2) is 0 Å². The third-order valence-corrected chi connectivity index (χ3v) is 3.48. The number of methoxy groups -OCH3 is 1. The zero-order valence-corrected chi connectivity index (χ0v) is 10.6. The van der Waals surface area contributed by atoms with Gasteiger partial charge in [0, 0.05) is 13.1 Å². The van der Waals surface area contributed by atoms with Crippen molar-refractivity contribution in [3.8, 4) is 6.07 Å². The van der Waals surface area contributed by atoms with Gasteiger partial charge >= 0.3 is 5.97 Å². The number of rotatable bonds is 2. The molecule has 1 aliphatic heterocycles. The van der Waals surface area contributed by atoms with Crippen LogP contribution in [-0.2, 0) is 9.53 Å². The molecule has 4 nitrogen and oxygen atoms in total. The first kappa shape index (κ1) is 12.4. The number of carbonyl (C=O) groups excluding carboxylic acids is 1. The lowest BCUT2D eigenvalue weighted by Gasteiger charge is -2.19. The molecule has 0 radical (unpaired) electrons. The molecule has 2 atom stereocenters. The summed E-state index contributed by atoms with van der Waals surface area (Å²) in [7, 11) is 1.42. The summed E-state index contributed by atoms with van der Waals surface area (Å²) in [6.07, 6.45) is 0. The number of carbonyl (C=O) groups is 1. The van der Waals surface area contributed by atoms with E-state index in [0.29, 0.717) is 12.1 Å². The summed E-state index contributed by atoms with van der Waals surface area (Å²) in [6, 6.07) is 9.66. The first-order valence-corrected chi connectivity index (χ1v) is 5.99. The minimum Gasteiger partial charge on any atom is -0.469 e. The van der Waals surface area contributed by atoms with Crippen LogP contribution in [0.25, 0.3) is 0 Å². The van der Waals surface area contributed by atoms with Gasteiger partial charge in [-0.05, 0) is 18.1 Å². The Morgan fingerprint density at radius 2 is 2.17 bits per heavy atom. The molecule has 0 N–H and O–H groups in total. The molecule has 0 amide bonds. The van der Waals surface area contributed by atoms with Gasteiger partial charge in [0.1, 0.15) is 6.07 Å². The number of esters is 1. The number of nitrogens with zero attached hydrogens (tertiary/aromatic N) is 2. The van der Waals surface area contributed by atoms with Crippen LogP contribution in [-0.4, -0.2) is 26.2 Å². The van der Waals surface area contributed by atoms with Gasteiger partial charge in [-0.3, -0.25) is 4.79 Å². The SMILES string of the molecule is COC(=O)C1CN(c2ccccc2C#N)CC1C. The van der Waals surface area contributed by atoms with Crippen molar-refractivity contribution in [2.75, 3.05) is 25.1 Å². The van der Waals surface area contributed by atoms with Crippen LogP contribution in [0.3, 0.4) is 0 Å². The highest BCUT2D eigenvalue weighted by atomic mass is 16.5. The average Bonchev–Trinajstić information content (AvgIpc) is 2.79. The molecule has 1 fully saturated rings. The third kappa shape index (κ3) is 2.17. The molecule has 1 heterocycles. The lowest BCUT2D eigenvalue weighted by atomic mass is 9.99. The first-order valence-electron chi connectivity index (χ1n) is 5.99. The fourth-order valence-corrected chi connectivity index (χ4v) is 2.47. The molecule has 1 aromatic carbocycles. The van der Waals surface area contributed by atoms with Gasteiger partial charge in [0.15, 0.2) is 0 Å². The van der Waals surface area contributed by atoms with E-state index >= 15 is 0 Å². The van der Waals surface area contributed by atoms with Crippen LogP contribution in [0.1, 0.15) is 12.5 Å². The standard InChI is InChI=1S/C14H16N2O2/c1-10-8-16(9-12(10)14(17)18-2)13-6-4-3-5-11(13)7-15/h3-6,10,12H,8-9H2,1-2H3. The Hall–Kier alpha value is -2.02. The lowest BCUT2D eigenvalue weighted by Crippen LogP contribution is -2.24. The van der Waals surface area contributed by atoms with Gasteiger partial charge in [0.2, 0.25) is 0 Å². The highest BCUT2D eigenvalue weighted by molar-refractivity contribution is 5.75. The fraction of sp³-hybridized carbons (Fsp3) is 0.429. The molecule has 0 bridgehead atoms. The maximum atomic E-state index is 11.6. The van der Waals surface area contributed by atoms with Crippen molar-refractivity contribution in [3.05, 3.63) is 29.8 Å². The van der Waals surface area contributed by atoms with Crippen molar-refractivity contribution in [2.45, 2.75) is 6.92 Å². The molecule has 18 heavy (non-hydrogen) atoms. The minimum atomic E-state index is -0.167. The van der Waals surface area contributed by atoms with Crippen molar-refractivity contribution in [3.63, 3.8) is 0 Å². The van der Waals surface area contributed by atoms with Gasteiger partial charge in [0.25, 0.3) is 0 Å². The number of para-hydroxylation sites is 1. The molecule has 2 rings (SSSR count). The third-order valence-electron chi connectivity index (χ3n) is 3.48. The fourth-order valence-electron chi connectivity index (χ4n) is 2.47.